The Labute approximate surface area is 78.8 Å². The molecule has 2 rings (SSSR count). The minimum atomic E-state index is -0.275. The van der Waals surface area contributed by atoms with Crippen LogP contribution < -0.4 is 0 Å². The minimum absolute atomic E-state index is 0.275. The molecule has 1 aliphatic heterocycles. The number of nitrogens with zero attached hydrogens (tertiary/aromatic N) is 1. The van der Waals surface area contributed by atoms with Gasteiger partial charge in [-0.25, -0.2) is 0 Å². The van der Waals surface area contributed by atoms with Gasteiger partial charge < -0.3 is 9.47 Å². The molecule has 0 aliphatic carbocycles. The maximum atomic E-state index is 5.29. The number of aromatic nitrogens is 1. The van der Waals surface area contributed by atoms with Crippen molar-refractivity contribution in [3.8, 4) is 0 Å². The van der Waals surface area contributed by atoms with Crippen LogP contribution in [-0.4, -0.2) is 18.2 Å². The molecule has 0 aromatic carbocycles. The van der Waals surface area contributed by atoms with E-state index in [-0.39, 0.29) is 6.29 Å². The standard InChI is InChI=1S/C8H8BrNO2/c9-6-1-2-10-7(5-6)8-11-3-4-12-8/h1-2,5,8H,3-4H2. The van der Waals surface area contributed by atoms with Crippen molar-refractivity contribution in [1.29, 1.82) is 0 Å². The highest BCUT2D eigenvalue weighted by Gasteiger charge is 2.19. The smallest absolute Gasteiger partial charge is 0.201 e. The van der Waals surface area contributed by atoms with Gasteiger partial charge in [0.1, 0.15) is 0 Å². The van der Waals surface area contributed by atoms with Crippen LogP contribution in [0.4, 0.5) is 0 Å². The fourth-order valence-corrected chi connectivity index (χ4v) is 1.43. The third kappa shape index (κ3) is 1.65. The van der Waals surface area contributed by atoms with Crippen molar-refractivity contribution < 1.29 is 9.47 Å². The number of rotatable bonds is 1. The Morgan fingerprint density at radius 2 is 2.17 bits per heavy atom. The zero-order chi connectivity index (χ0) is 8.39. The van der Waals surface area contributed by atoms with Gasteiger partial charge in [-0.1, -0.05) is 15.9 Å². The Morgan fingerprint density at radius 1 is 1.42 bits per heavy atom. The van der Waals surface area contributed by atoms with Crippen LogP contribution in [0, 0.1) is 0 Å². The van der Waals surface area contributed by atoms with E-state index < -0.39 is 0 Å². The van der Waals surface area contributed by atoms with Crippen molar-refractivity contribution in [3.63, 3.8) is 0 Å². The second-order valence-corrected chi connectivity index (χ2v) is 3.39. The first kappa shape index (κ1) is 8.16. The highest BCUT2D eigenvalue weighted by Crippen LogP contribution is 2.23. The first-order valence-corrected chi connectivity index (χ1v) is 4.50. The number of hydrogen-bond donors (Lipinski definition) is 0. The van der Waals surface area contributed by atoms with Gasteiger partial charge in [0.05, 0.1) is 18.9 Å². The molecular formula is C8H8BrNO2. The lowest BCUT2D eigenvalue weighted by Gasteiger charge is -2.07. The van der Waals surface area contributed by atoms with Gasteiger partial charge in [0.15, 0.2) is 0 Å². The van der Waals surface area contributed by atoms with Crippen molar-refractivity contribution in [2.45, 2.75) is 6.29 Å². The molecule has 0 spiro atoms. The van der Waals surface area contributed by atoms with Gasteiger partial charge in [0, 0.05) is 10.7 Å². The lowest BCUT2D eigenvalue weighted by Crippen LogP contribution is -2.00. The van der Waals surface area contributed by atoms with Crippen molar-refractivity contribution in [3.05, 3.63) is 28.5 Å². The summed E-state index contributed by atoms with van der Waals surface area (Å²) in [5.41, 5.74) is 0.821. The molecule has 0 atom stereocenters. The van der Waals surface area contributed by atoms with Crippen LogP contribution in [-0.2, 0) is 9.47 Å². The summed E-state index contributed by atoms with van der Waals surface area (Å²) < 4.78 is 11.6. The van der Waals surface area contributed by atoms with Crippen molar-refractivity contribution >= 4 is 15.9 Å². The van der Waals surface area contributed by atoms with Crippen LogP contribution >= 0.6 is 15.9 Å². The first-order chi connectivity index (χ1) is 5.86. The monoisotopic (exact) mass is 229 g/mol. The SMILES string of the molecule is Brc1ccnc(C2OCCO2)c1. The molecule has 0 N–H and O–H groups in total. The second-order valence-electron chi connectivity index (χ2n) is 2.47. The third-order valence-electron chi connectivity index (χ3n) is 1.61. The maximum Gasteiger partial charge on any atom is 0.201 e. The fraction of sp³-hybridized carbons (Fsp3) is 0.375. The maximum absolute atomic E-state index is 5.29. The predicted octanol–water partition coefficient (Wildman–Crippen LogP) is 1.89. The van der Waals surface area contributed by atoms with Crippen LogP contribution in [0.2, 0.25) is 0 Å². The average molecular weight is 230 g/mol. The van der Waals surface area contributed by atoms with Gasteiger partial charge in [-0.2, -0.15) is 0 Å². The van der Waals surface area contributed by atoms with Crippen LogP contribution in [0.1, 0.15) is 12.0 Å². The average Bonchev–Trinajstić information content (AvgIpc) is 2.56. The molecule has 2 heterocycles. The molecule has 4 heteroatoms. The van der Waals surface area contributed by atoms with Crippen LogP contribution in [0.3, 0.4) is 0 Å². The van der Waals surface area contributed by atoms with Crippen molar-refractivity contribution in [2.75, 3.05) is 13.2 Å². The number of ether oxygens (including phenoxy) is 2. The third-order valence-corrected chi connectivity index (χ3v) is 2.10. The van der Waals surface area contributed by atoms with E-state index in [1.165, 1.54) is 0 Å². The molecule has 0 unspecified atom stereocenters. The lowest BCUT2D eigenvalue weighted by molar-refractivity contribution is -0.0473. The summed E-state index contributed by atoms with van der Waals surface area (Å²) in [4.78, 5) is 4.14. The quantitative estimate of drug-likeness (QED) is 0.738. The summed E-state index contributed by atoms with van der Waals surface area (Å²) in [6, 6.07) is 3.77. The van der Waals surface area contributed by atoms with Crippen LogP contribution in [0.15, 0.2) is 22.8 Å². The van der Waals surface area contributed by atoms with E-state index in [0.29, 0.717) is 13.2 Å². The molecule has 12 heavy (non-hydrogen) atoms. The van der Waals surface area contributed by atoms with Gasteiger partial charge in [0.2, 0.25) is 6.29 Å². The van der Waals surface area contributed by atoms with Gasteiger partial charge in [-0.05, 0) is 12.1 Å². The summed E-state index contributed by atoms with van der Waals surface area (Å²) in [5, 5.41) is 0. The topological polar surface area (TPSA) is 31.4 Å². The molecule has 0 radical (unpaired) electrons. The molecule has 1 saturated heterocycles. The Balaban J connectivity index is 2.21. The zero-order valence-corrected chi connectivity index (χ0v) is 7.95. The molecule has 0 bridgehead atoms. The summed E-state index contributed by atoms with van der Waals surface area (Å²) in [5.74, 6) is 0. The summed E-state index contributed by atoms with van der Waals surface area (Å²) >= 11 is 3.36. The van der Waals surface area contributed by atoms with Gasteiger partial charge in [-0.3, -0.25) is 4.98 Å². The van der Waals surface area contributed by atoms with Crippen LogP contribution in [0.25, 0.3) is 0 Å². The summed E-state index contributed by atoms with van der Waals surface area (Å²) in [6.45, 7) is 1.30. The first-order valence-electron chi connectivity index (χ1n) is 3.71. The van der Waals surface area contributed by atoms with Crippen molar-refractivity contribution in [1.82, 2.24) is 4.98 Å². The normalized spacial score (nSPS) is 18.4. The van der Waals surface area contributed by atoms with Gasteiger partial charge >= 0.3 is 0 Å². The predicted molar refractivity (Wildman–Crippen MR) is 46.6 cm³/mol. The Bertz CT molecular complexity index is 274. The van der Waals surface area contributed by atoms with E-state index in [1.807, 2.05) is 12.1 Å². The van der Waals surface area contributed by atoms with Crippen molar-refractivity contribution in [2.24, 2.45) is 0 Å². The number of hydrogen-bond acceptors (Lipinski definition) is 3. The summed E-state index contributed by atoms with van der Waals surface area (Å²) in [7, 11) is 0. The van der Waals surface area contributed by atoms with E-state index >= 15 is 0 Å². The Kier molecular flexibility index (Phi) is 2.39. The molecule has 1 aromatic heterocycles. The molecule has 0 amide bonds. The number of pyridine rings is 1. The molecule has 1 aliphatic rings. The van der Waals surface area contributed by atoms with Crippen LogP contribution in [0.5, 0.6) is 0 Å². The van der Waals surface area contributed by atoms with E-state index in [4.69, 9.17) is 9.47 Å². The number of halogens is 1. The highest BCUT2D eigenvalue weighted by molar-refractivity contribution is 9.10. The van der Waals surface area contributed by atoms with E-state index in [1.54, 1.807) is 6.20 Å². The van der Waals surface area contributed by atoms with E-state index in [9.17, 15) is 0 Å². The molecule has 0 saturated carbocycles. The van der Waals surface area contributed by atoms with Gasteiger partial charge in [-0.15, -0.1) is 0 Å². The molecule has 1 fully saturated rings. The Hall–Kier alpha value is -0.450. The van der Waals surface area contributed by atoms with E-state index in [2.05, 4.69) is 20.9 Å². The lowest BCUT2D eigenvalue weighted by atomic mass is 10.3. The second kappa shape index (κ2) is 3.51. The summed E-state index contributed by atoms with van der Waals surface area (Å²) in [6.07, 6.45) is 1.45. The minimum Gasteiger partial charge on any atom is -0.345 e. The molecule has 64 valence electrons. The Morgan fingerprint density at radius 3 is 2.83 bits per heavy atom. The molecule has 1 aromatic rings. The largest absolute Gasteiger partial charge is 0.345 e. The molecular weight excluding hydrogens is 222 g/mol. The zero-order valence-electron chi connectivity index (χ0n) is 6.37. The van der Waals surface area contributed by atoms with E-state index in [0.717, 1.165) is 10.2 Å². The van der Waals surface area contributed by atoms with Gasteiger partial charge in [0.25, 0.3) is 0 Å². The molecule has 3 nitrogen and oxygen atoms in total. The highest BCUT2D eigenvalue weighted by atomic mass is 79.9. The fourth-order valence-electron chi connectivity index (χ4n) is 1.08.